The molecule has 2 atom stereocenters. The van der Waals surface area contributed by atoms with Gasteiger partial charge in [0.2, 0.25) is 0 Å². The number of pyridine rings is 1. The van der Waals surface area contributed by atoms with E-state index in [-0.39, 0.29) is 6.54 Å². The summed E-state index contributed by atoms with van der Waals surface area (Å²) >= 11 is 3.39. The maximum Gasteiger partial charge on any atom is 0.133 e. The number of nitrogens with two attached hydrogens (primary N) is 1. The number of anilines is 1. The van der Waals surface area contributed by atoms with Gasteiger partial charge in [-0.1, -0.05) is 15.9 Å². The number of hydrogen-bond donors (Lipinski definition) is 1. The molecule has 0 amide bonds. The predicted molar refractivity (Wildman–Crippen MR) is 83.9 cm³/mol. The number of alkyl halides is 1. The normalized spacial score (nSPS) is 22.3. The largest absolute Gasteiger partial charge is 0.354 e. The number of hydrogen-bond acceptors (Lipinski definition) is 4. The number of piperidine rings is 1. The molecule has 2 N–H and O–H groups in total. The van der Waals surface area contributed by atoms with Gasteiger partial charge in [-0.3, -0.25) is 0 Å². The molecule has 1 aromatic heterocycles. The first-order valence-electron chi connectivity index (χ1n) is 6.73. The van der Waals surface area contributed by atoms with Crippen molar-refractivity contribution < 1.29 is 4.39 Å². The van der Waals surface area contributed by atoms with Gasteiger partial charge >= 0.3 is 0 Å². The highest BCUT2D eigenvalue weighted by Crippen LogP contribution is 2.27. The van der Waals surface area contributed by atoms with E-state index < -0.39 is 12.2 Å². The molecule has 0 radical (unpaired) electrons. The van der Waals surface area contributed by atoms with Gasteiger partial charge in [-0.05, 0) is 30.7 Å². The molecule has 2 heterocycles. The Balaban J connectivity index is 2.04. The summed E-state index contributed by atoms with van der Waals surface area (Å²) in [6.45, 7) is 0.878. The van der Waals surface area contributed by atoms with Crippen LogP contribution in [0.25, 0.3) is 10.9 Å². The Bertz CT molecular complexity index is 727. The molecular weight excluding hydrogens is 335 g/mol. The van der Waals surface area contributed by atoms with Gasteiger partial charge in [0.15, 0.2) is 0 Å². The second-order valence-electron chi connectivity index (χ2n) is 5.22. The van der Waals surface area contributed by atoms with E-state index in [0.29, 0.717) is 24.3 Å². The van der Waals surface area contributed by atoms with Crippen LogP contribution in [0.2, 0.25) is 0 Å². The number of halogens is 2. The molecule has 1 fully saturated rings. The molecule has 4 nitrogen and oxygen atoms in total. The van der Waals surface area contributed by atoms with Crippen LogP contribution in [0.5, 0.6) is 0 Å². The lowest BCUT2D eigenvalue weighted by atomic mass is 10.0. The van der Waals surface area contributed by atoms with Crippen LogP contribution in [-0.2, 0) is 0 Å². The lowest BCUT2D eigenvalue weighted by Crippen LogP contribution is -2.48. The average Bonchev–Trinajstić information content (AvgIpc) is 2.49. The van der Waals surface area contributed by atoms with Crippen molar-refractivity contribution in [2.75, 3.05) is 18.0 Å². The Labute approximate surface area is 130 Å². The third-order valence-electron chi connectivity index (χ3n) is 3.79. The van der Waals surface area contributed by atoms with Gasteiger partial charge in [0.25, 0.3) is 0 Å². The zero-order valence-electron chi connectivity index (χ0n) is 11.3. The standard InChI is InChI=1S/C15H14BrFN4/c16-10-1-2-14-11(6-10)9(7-18)5-15(20-14)21-4-3-13(19)12(17)8-21/h1-2,5-6,12-13H,3-4,8,19H2/t12?,13-/m0/s1. The van der Waals surface area contributed by atoms with Crippen LogP contribution in [0.3, 0.4) is 0 Å². The molecule has 0 bridgehead atoms. The van der Waals surface area contributed by atoms with E-state index in [9.17, 15) is 9.65 Å². The third kappa shape index (κ3) is 2.71. The number of benzene rings is 1. The average molecular weight is 349 g/mol. The fraction of sp³-hybridized carbons (Fsp3) is 0.333. The Morgan fingerprint density at radius 3 is 2.95 bits per heavy atom. The lowest BCUT2D eigenvalue weighted by molar-refractivity contribution is 0.251. The van der Waals surface area contributed by atoms with Crippen molar-refractivity contribution in [2.24, 2.45) is 5.73 Å². The molecule has 0 aliphatic carbocycles. The van der Waals surface area contributed by atoms with E-state index in [4.69, 9.17) is 5.73 Å². The van der Waals surface area contributed by atoms with Gasteiger partial charge in [-0.25, -0.2) is 9.37 Å². The number of nitriles is 1. The molecule has 3 rings (SSSR count). The van der Waals surface area contributed by atoms with Crippen molar-refractivity contribution >= 4 is 32.7 Å². The van der Waals surface area contributed by atoms with Gasteiger partial charge in [0.1, 0.15) is 12.0 Å². The molecule has 1 unspecified atom stereocenters. The van der Waals surface area contributed by atoms with Gasteiger partial charge in [0, 0.05) is 22.4 Å². The van der Waals surface area contributed by atoms with E-state index in [2.05, 4.69) is 27.0 Å². The summed E-state index contributed by atoms with van der Waals surface area (Å²) in [5.74, 6) is 0.635. The Hall–Kier alpha value is -1.71. The first kappa shape index (κ1) is 14.2. The second kappa shape index (κ2) is 5.58. The Morgan fingerprint density at radius 2 is 2.24 bits per heavy atom. The Kier molecular flexibility index (Phi) is 3.79. The van der Waals surface area contributed by atoms with E-state index in [0.717, 1.165) is 15.4 Å². The highest BCUT2D eigenvalue weighted by molar-refractivity contribution is 9.10. The van der Waals surface area contributed by atoms with Gasteiger partial charge in [-0.15, -0.1) is 0 Å². The summed E-state index contributed by atoms with van der Waals surface area (Å²) in [4.78, 5) is 6.41. The molecule has 1 aliphatic heterocycles. The van der Waals surface area contributed by atoms with Crippen LogP contribution in [0.15, 0.2) is 28.7 Å². The van der Waals surface area contributed by atoms with Crippen LogP contribution < -0.4 is 10.6 Å². The fourth-order valence-electron chi connectivity index (χ4n) is 2.57. The topological polar surface area (TPSA) is 65.9 Å². The number of nitrogens with zero attached hydrogens (tertiary/aromatic N) is 3. The van der Waals surface area contributed by atoms with Crippen LogP contribution in [0, 0.1) is 11.3 Å². The minimum Gasteiger partial charge on any atom is -0.354 e. The highest BCUT2D eigenvalue weighted by atomic mass is 79.9. The van der Waals surface area contributed by atoms with Crippen LogP contribution in [0.1, 0.15) is 12.0 Å². The summed E-state index contributed by atoms with van der Waals surface area (Å²) < 4.78 is 14.7. The van der Waals surface area contributed by atoms with E-state index in [1.165, 1.54) is 0 Å². The molecule has 2 aromatic rings. The molecule has 1 saturated heterocycles. The molecular formula is C15H14BrFN4. The number of rotatable bonds is 1. The quantitative estimate of drug-likeness (QED) is 0.860. The summed E-state index contributed by atoms with van der Waals surface area (Å²) in [6.07, 6.45) is -0.477. The van der Waals surface area contributed by atoms with Crippen molar-refractivity contribution in [2.45, 2.75) is 18.6 Å². The summed E-state index contributed by atoms with van der Waals surface area (Å²) in [5.41, 5.74) is 6.98. The smallest absolute Gasteiger partial charge is 0.133 e. The molecule has 1 aromatic carbocycles. The SMILES string of the molecule is N#Cc1cc(N2CC[C@H](N)C(F)C2)nc2ccc(Br)cc12. The zero-order valence-corrected chi connectivity index (χ0v) is 12.8. The highest BCUT2D eigenvalue weighted by Gasteiger charge is 2.27. The van der Waals surface area contributed by atoms with E-state index >= 15 is 0 Å². The monoisotopic (exact) mass is 348 g/mol. The number of fused-ring (bicyclic) bond motifs is 1. The Morgan fingerprint density at radius 1 is 1.43 bits per heavy atom. The van der Waals surface area contributed by atoms with Crippen LogP contribution in [-0.4, -0.2) is 30.3 Å². The predicted octanol–water partition coefficient (Wildman–Crippen LogP) is 2.74. The van der Waals surface area contributed by atoms with E-state index in [1.807, 2.05) is 23.1 Å². The van der Waals surface area contributed by atoms with Crippen LogP contribution in [0.4, 0.5) is 10.2 Å². The maximum atomic E-state index is 13.8. The van der Waals surface area contributed by atoms with Crippen molar-refractivity contribution in [1.82, 2.24) is 4.98 Å². The first-order chi connectivity index (χ1) is 10.1. The summed E-state index contributed by atoms with van der Waals surface area (Å²) in [7, 11) is 0. The van der Waals surface area contributed by atoms with Gasteiger partial charge < -0.3 is 10.6 Å². The molecule has 6 heteroatoms. The zero-order chi connectivity index (χ0) is 15.0. The fourth-order valence-corrected chi connectivity index (χ4v) is 2.93. The lowest BCUT2D eigenvalue weighted by Gasteiger charge is -2.33. The first-order valence-corrected chi connectivity index (χ1v) is 7.53. The summed E-state index contributed by atoms with van der Waals surface area (Å²) in [6, 6.07) is 9.10. The minimum atomic E-state index is -1.06. The minimum absolute atomic E-state index is 0.223. The van der Waals surface area contributed by atoms with Gasteiger partial charge in [-0.2, -0.15) is 5.26 Å². The summed E-state index contributed by atoms with van der Waals surface area (Å²) in [5, 5.41) is 10.1. The van der Waals surface area contributed by atoms with E-state index in [1.54, 1.807) is 6.07 Å². The molecule has 108 valence electrons. The third-order valence-corrected chi connectivity index (χ3v) is 4.29. The molecule has 0 spiro atoms. The molecule has 21 heavy (non-hydrogen) atoms. The molecule has 1 aliphatic rings. The number of aromatic nitrogens is 1. The second-order valence-corrected chi connectivity index (χ2v) is 6.13. The van der Waals surface area contributed by atoms with Crippen molar-refractivity contribution in [3.63, 3.8) is 0 Å². The molecule has 0 saturated carbocycles. The van der Waals surface area contributed by atoms with Crippen molar-refractivity contribution in [1.29, 1.82) is 5.26 Å². The maximum absolute atomic E-state index is 13.8. The van der Waals surface area contributed by atoms with Crippen molar-refractivity contribution in [3.8, 4) is 6.07 Å². The van der Waals surface area contributed by atoms with Gasteiger partial charge in [0.05, 0.1) is 23.7 Å². The van der Waals surface area contributed by atoms with Crippen molar-refractivity contribution in [3.05, 3.63) is 34.3 Å². The van der Waals surface area contributed by atoms with Crippen LogP contribution >= 0.6 is 15.9 Å².